The fourth-order valence-corrected chi connectivity index (χ4v) is 11.2. The van der Waals surface area contributed by atoms with Crippen LogP contribution in [0, 0.1) is 63.6 Å². The zero-order chi connectivity index (χ0) is 29.1. The van der Waals surface area contributed by atoms with Crippen molar-refractivity contribution < 1.29 is 24.5 Å². The topological polar surface area (TPSA) is 83.8 Å². The molecule has 0 heterocycles. The standard InChI is InChI=1S/C34H56O5/c1-19(2)11-10-12-23(31(37)38)29-26-17-24(20(3)4)30-32(7)15-14-27(36)21(5)25(32)13-16-33(30,8)34(26,9)18-28(29)39-22(6)35/h11,20-21,23-30,36H,10,12-18H2,1-9H3,(H,37,38)/t21-,23?,24?,25-,26-,27+,28-,29?,30-,32-,33-,34-/m0/s1. The predicted molar refractivity (Wildman–Crippen MR) is 155 cm³/mol. The number of esters is 1. The van der Waals surface area contributed by atoms with Crippen LogP contribution in [0.5, 0.6) is 0 Å². The molecule has 0 amide bonds. The minimum Gasteiger partial charge on any atom is -0.481 e. The number of rotatable bonds is 7. The second kappa shape index (κ2) is 10.8. The molecule has 4 rings (SSSR count). The van der Waals surface area contributed by atoms with Gasteiger partial charge in [0.2, 0.25) is 0 Å². The van der Waals surface area contributed by atoms with Gasteiger partial charge in [-0.25, -0.2) is 0 Å². The van der Waals surface area contributed by atoms with Gasteiger partial charge in [0, 0.05) is 12.8 Å². The van der Waals surface area contributed by atoms with Crippen LogP contribution < -0.4 is 0 Å². The summed E-state index contributed by atoms with van der Waals surface area (Å²) >= 11 is 0. The zero-order valence-corrected chi connectivity index (χ0v) is 26.1. The summed E-state index contributed by atoms with van der Waals surface area (Å²) < 4.78 is 6.07. The Kier molecular flexibility index (Phi) is 8.47. The fraction of sp³-hybridized carbons (Fsp3) is 0.882. The van der Waals surface area contributed by atoms with Crippen molar-refractivity contribution in [3.63, 3.8) is 0 Å². The monoisotopic (exact) mass is 544 g/mol. The Morgan fingerprint density at radius 1 is 1.03 bits per heavy atom. The van der Waals surface area contributed by atoms with Gasteiger partial charge in [0.05, 0.1) is 12.0 Å². The van der Waals surface area contributed by atoms with E-state index in [1.54, 1.807) is 0 Å². The molecule has 4 saturated carbocycles. The predicted octanol–water partition coefficient (Wildman–Crippen LogP) is 7.51. The van der Waals surface area contributed by atoms with Gasteiger partial charge in [-0.15, -0.1) is 0 Å². The Labute approximate surface area is 237 Å². The van der Waals surface area contributed by atoms with Gasteiger partial charge in [-0.2, -0.15) is 0 Å². The molecule has 12 atom stereocenters. The van der Waals surface area contributed by atoms with E-state index in [1.807, 2.05) is 0 Å². The number of hydrogen-bond donors (Lipinski definition) is 2. The number of fused-ring (bicyclic) bond motifs is 5. The fourth-order valence-electron chi connectivity index (χ4n) is 11.2. The molecule has 0 aliphatic heterocycles. The van der Waals surface area contributed by atoms with Crippen molar-refractivity contribution in [1.29, 1.82) is 0 Å². The number of carbonyl (C=O) groups excluding carboxylic acids is 1. The maximum absolute atomic E-state index is 12.9. The Morgan fingerprint density at radius 2 is 1.69 bits per heavy atom. The van der Waals surface area contributed by atoms with Gasteiger partial charge >= 0.3 is 11.9 Å². The third-order valence-corrected chi connectivity index (χ3v) is 13.0. The molecule has 0 bridgehead atoms. The molecule has 5 nitrogen and oxygen atoms in total. The van der Waals surface area contributed by atoms with Gasteiger partial charge in [-0.05, 0) is 117 Å². The molecular formula is C34H56O5. The Balaban J connectivity index is 1.82. The average Bonchev–Trinajstić information content (AvgIpc) is 3.10. The molecule has 0 aromatic rings. The van der Waals surface area contributed by atoms with Crippen LogP contribution in [0.3, 0.4) is 0 Å². The first-order chi connectivity index (χ1) is 18.1. The lowest BCUT2D eigenvalue weighted by atomic mass is 9.34. The number of aliphatic carboxylic acids is 1. The summed E-state index contributed by atoms with van der Waals surface area (Å²) in [6.07, 6.45) is 8.79. The molecule has 39 heavy (non-hydrogen) atoms. The van der Waals surface area contributed by atoms with E-state index in [0.29, 0.717) is 36.0 Å². The summed E-state index contributed by atoms with van der Waals surface area (Å²) in [5, 5.41) is 21.4. The van der Waals surface area contributed by atoms with Gasteiger partial charge in [0.1, 0.15) is 6.10 Å². The molecule has 0 aromatic carbocycles. The number of carbonyl (C=O) groups is 2. The van der Waals surface area contributed by atoms with E-state index in [4.69, 9.17) is 4.74 Å². The van der Waals surface area contributed by atoms with Crippen LogP contribution in [0.25, 0.3) is 0 Å². The van der Waals surface area contributed by atoms with Crippen LogP contribution in [0.15, 0.2) is 11.6 Å². The average molecular weight is 545 g/mol. The molecule has 0 spiro atoms. The smallest absolute Gasteiger partial charge is 0.306 e. The Morgan fingerprint density at radius 3 is 2.26 bits per heavy atom. The molecule has 0 radical (unpaired) electrons. The largest absolute Gasteiger partial charge is 0.481 e. The van der Waals surface area contributed by atoms with Crippen LogP contribution in [-0.2, 0) is 14.3 Å². The van der Waals surface area contributed by atoms with Gasteiger partial charge in [0.15, 0.2) is 0 Å². The summed E-state index contributed by atoms with van der Waals surface area (Å²) in [6, 6.07) is 0. The number of carboxylic acid groups (broad SMARTS) is 1. The molecule has 0 aromatic heterocycles. The first-order valence-corrected chi connectivity index (χ1v) is 15.8. The third kappa shape index (κ3) is 4.91. The van der Waals surface area contributed by atoms with Gasteiger partial charge in [-0.3, -0.25) is 9.59 Å². The van der Waals surface area contributed by atoms with Crippen molar-refractivity contribution in [3.05, 3.63) is 11.6 Å². The van der Waals surface area contributed by atoms with Crippen molar-refractivity contribution in [1.82, 2.24) is 0 Å². The molecule has 0 saturated heterocycles. The van der Waals surface area contributed by atoms with E-state index in [0.717, 1.165) is 44.9 Å². The van der Waals surface area contributed by atoms with Crippen molar-refractivity contribution in [3.8, 4) is 0 Å². The highest BCUT2D eigenvalue weighted by atomic mass is 16.5. The number of aliphatic hydroxyl groups excluding tert-OH is 1. The van der Waals surface area contributed by atoms with E-state index in [2.05, 4.69) is 61.5 Å². The SMILES string of the molecule is CC(=O)O[C@H]1C[C@@]2(C)[C@@H](CC(C(C)C)[C@H]3[C@@]4(C)CC[C@@H](O)[C@@H](C)[C@@H]4CC[C@@]32C)C1C(CCC=C(C)C)C(=O)O. The highest BCUT2D eigenvalue weighted by Gasteiger charge is 2.72. The van der Waals surface area contributed by atoms with Gasteiger partial charge in [-0.1, -0.05) is 53.2 Å². The molecule has 2 N–H and O–H groups in total. The van der Waals surface area contributed by atoms with E-state index >= 15 is 0 Å². The molecule has 4 aliphatic rings. The Hall–Kier alpha value is -1.36. The maximum atomic E-state index is 12.9. The van der Waals surface area contributed by atoms with E-state index < -0.39 is 11.9 Å². The highest BCUT2D eigenvalue weighted by Crippen LogP contribution is 2.76. The van der Waals surface area contributed by atoms with Crippen molar-refractivity contribution >= 4 is 11.9 Å². The van der Waals surface area contributed by atoms with Gasteiger partial charge < -0.3 is 14.9 Å². The highest BCUT2D eigenvalue weighted by molar-refractivity contribution is 5.71. The molecular weight excluding hydrogens is 488 g/mol. The van der Waals surface area contributed by atoms with Crippen LogP contribution in [0.2, 0.25) is 0 Å². The van der Waals surface area contributed by atoms with Crippen LogP contribution >= 0.6 is 0 Å². The molecule has 5 heteroatoms. The number of ether oxygens (including phenoxy) is 1. The Bertz CT molecular complexity index is 967. The molecule has 3 unspecified atom stereocenters. The zero-order valence-electron chi connectivity index (χ0n) is 26.1. The normalized spacial score (nSPS) is 46.0. The van der Waals surface area contributed by atoms with Crippen molar-refractivity contribution in [2.75, 3.05) is 0 Å². The lowest BCUT2D eigenvalue weighted by Crippen LogP contribution is -2.65. The van der Waals surface area contributed by atoms with E-state index in [9.17, 15) is 19.8 Å². The van der Waals surface area contributed by atoms with Crippen molar-refractivity contribution in [2.24, 2.45) is 63.6 Å². The number of aliphatic hydroxyl groups is 1. The maximum Gasteiger partial charge on any atom is 0.306 e. The van der Waals surface area contributed by atoms with Crippen LogP contribution in [0.4, 0.5) is 0 Å². The first-order valence-electron chi connectivity index (χ1n) is 15.8. The lowest BCUT2D eigenvalue weighted by molar-refractivity contribution is -0.231. The summed E-state index contributed by atoms with van der Waals surface area (Å²) in [7, 11) is 0. The summed E-state index contributed by atoms with van der Waals surface area (Å²) in [5.74, 6) is 0.756. The second-order valence-electron chi connectivity index (χ2n) is 15.4. The van der Waals surface area contributed by atoms with Gasteiger partial charge in [0.25, 0.3) is 0 Å². The van der Waals surface area contributed by atoms with Crippen LogP contribution in [-0.4, -0.2) is 34.4 Å². The molecule has 4 aliphatic carbocycles. The van der Waals surface area contributed by atoms with E-state index in [-0.39, 0.29) is 46.3 Å². The minimum absolute atomic E-state index is 0.0221. The second-order valence-corrected chi connectivity index (χ2v) is 15.4. The first kappa shape index (κ1) is 30.6. The number of allylic oxidation sites excluding steroid dienone is 2. The number of hydrogen-bond acceptors (Lipinski definition) is 4. The number of carboxylic acids is 1. The summed E-state index contributed by atoms with van der Waals surface area (Å²) in [6.45, 7) is 20.0. The lowest BCUT2D eigenvalue weighted by Gasteiger charge is -2.70. The molecule has 222 valence electrons. The summed E-state index contributed by atoms with van der Waals surface area (Å²) in [5.41, 5.74) is 1.27. The van der Waals surface area contributed by atoms with E-state index in [1.165, 1.54) is 12.5 Å². The molecule has 4 fully saturated rings. The van der Waals surface area contributed by atoms with Crippen molar-refractivity contribution in [2.45, 2.75) is 126 Å². The minimum atomic E-state index is -0.748. The third-order valence-electron chi connectivity index (χ3n) is 13.0. The summed E-state index contributed by atoms with van der Waals surface area (Å²) in [4.78, 5) is 25.3. The van der Waals surface area contributed by atoms with Crippen LogP contribution in [0.1, 0.15) is 114 Å². The quantitative estimate of drug-likeness (QED) is 0.256.